The average molecular weight is 347 g/mol. The summed E-state index contributed by atoms with van der Waals surface area (Å²) in [6.07, 6.45) is 1.63. The highest BCUT2D eigenvalue weighted by atomic mass is 79.9. The fourth-order valence-electron chi connectivity index (χ4n) is 2.13. The van der Waals surface area contributed by atoms with Gasteiger partial charge in [0.1, 0.15) is 17.2 Å². The van der Waals surface area contributed by atoms with Gasteiger partial charge in [-0.05, 0) is 36.4 Å². The summed E-state index contributed by atoms with van der Waals surface area (Å²) in [5.41, 5.74) is 1.17. The lowest BCUT2D eigenvalue weighted by Gasteiger charge is -2.06. The van der Waals surface area contributed by atoms with Crippen LogP contribution in [-0.4, -0.2) is 18.0 Å². The zero-order valence-electron chi connectivity index (χ0n) is 11.1. The maximum absolute atomic E-state index is 12.3. The van der Waals surface area contributed by atoms with Gasteiger partial charge < -0.3 is 14.6 Å². The first-order valence-corrected chi connectivity index (χ1v) is 6.98. The first-order valence-electron chi connectivity index (χ1n) is 6.19. The number of aromatic hydroxyl groups is 1. The van der Waals surface area contributed by atoms with Gasteiger partial charge in [0, 0.05) is 16.1 Å². The van der Waals surface area contributed by atoms with Crippen LogP contribution in [0.5, 0.6) is 17.2 Å². The van der Waals surface area contributed by atoms with E-state index in [1.54, 1.807) is 25.3 Å². The van der Waals surface area contributed by atoms with Gasteiger partial charge in [-0.3, -0.25) is 4.79 Å². The number of phenolic OH excluding ortho intramolecular Hbond substituents is 1. The van der Waals surface area contributed by atoms with Crippen LogP contribution in [0.2, 0.25) is 0 Å². The normalized spacial score (nSPS) is 15.0. The second kappa shape index (κ2) is 5.26. The number of hydrogen-bond acceptors (Lipinski definition) is 4. The van der Waals surface area contributed by atoms with Crippen molar-refractivity contribution in [3.05, 3.63) is 57.8 Å². The van der Waals surface area contributed by atoms with Gasteiger partial charge in [-0.25, -0.2) is 0 Å². The number of fused-ring (bicyclic) bond motifs is 1. The summed E-state index contributed by atoms with van der Waals surface area (Å²) >= 11 is 3.38. The van der Waals surface area contributed by atoms with E-state index in [0.29, 0.717) is 17.1 Å². The van der Waals surface area contributed by atoms with E-state index in [0.717, 1.165) is 10.0 Å². The van der Waals surface area contributed by atoms with E-state index in [1.165, 1.54) is 12.1 Å². The van der Waals surface area contributed by atoms with Crippen LogP contribution in [0.15, 0.2) is 46.6 Å². The van der Waals surface area contributed by atoms with E-state index in [-0.39, 0.29) is 17.3 Å². The van der Waals surface area contributed by atoms with E-state index in [4.69, 9.17) is 9.47 Å². The van der Waals surface area contributed by atoms with Crippen molar-refractivity contribution < 1.29 is 19.4 Å². The summed E-state index contributed by atoms with van der Waals surface area (Å²) in [5, 5.41) is 9.44. The molecule has 1 aliphatic rings. The molecular weight excluding hydrogens is 336 g/mol. The van der Waals surface area contributed by atoms with Crippen LogP contribution in [0.3, 0.4) is 0 Å². The third-order valence-electron chi connectivity index (χ3n) is 3.13. The van der Waals surface area contributed by atoms with Gasteiger partial charge in [-0.1, -0.05) is 15.9 Å². The zero-order valence-corrected chi connectivity index (χ0v) is 12.7. The maximum Gasteiger partial charge on any atom is 0.231 e. The van der Waals surface area contributed by atoms with E-state index in [2.05, 4.69) is 15.9 Å². The van der Waals surface area contributed by atoms with Crippen molar-refractivity contribution in [2.75, 3.05) is 7.11 Å². The standard InChI is InChI=1S/C16H11BrO4/c1-20-13-5-2-10(17)6-9(13)7-15-16(19)12-4-3-11(18)8-14(12)21-15/h2-8,18H,1H3. The molecule has 0 spiro atoms. The van der Waals surface area contributed by atoms with Crippen molar-refractivity contribution in [2.24, 2.45) is 0 Å². The Bertz CT molecular complexity index is 765. The van der Waals surface area contributed by atoms with E-state index < -0.39 is 0 Å². The fourth-order valence-corrected chi connectivity index (χ4v) is 2.51. The second-order valence-electron chi connectivity index (χ2n) is 4.51. The number of ketones is 1. The molecule has 5 heteroatoms. The number of benzene rings is 2. The van der Waals surface area contributed by atoms with Gasteiger partial charge in [0.2, 0.25) is 5.78 Å². The number of carbonyl (C=O) groups excluding carboxylic acids is 1. The molecule has 0 aromatic heterocycles. The van der Waals surface area contributed by atoms with Crippen LogP contribution >= 0.6 is 15.9 Å². The molecule has 1 aliphatic heterocycles. The number of Topliss-reactive ketones (excluding diaryl/α,β-unsaturated/α-hetero) is 1. The van der Waals surface area contributed by atoms with Gasteiger partial charge in [-0.2, -0.15) is 0 Å². The van der Waals surface area contributed by atoms with Crippen LogP contribution in [0, 0.1) is 0 Å². The lowest BCUT2D eigenvalue weighted by molar-refractivity contribution is 0.101. The first kappa shape index (κ1) is 13.7. The van der Waals surface area contributed by atoms with Crippen molar-refractivity contribution in [1.29, 1.82) is 0 Å². The summed E-state index contributed by atoms with van der Waals surface area (Å²) in [6, 6.07) is 9.92. The highest BCUT2D eigenvalue weighted by molar-refractivity contribution is 9.10. The monoisotopic (exact) mass is 346 g/mol. The Balaban J connectivity index is 2.03. The molecule has 0 saturated heterocycles. The summed E-state index contributed by atoms with van der Waals surface area (Å²) in [6.45, 7) is 0. The molecule has 0 bridgehead atoms. The average Bonchev–Trinajstić information content (AvgIpc) is 2.75. The number of carbonyl (C=O) groups is 1. The largest absolute Gasteiger partial charge is 0.508 e. The molecule has 106 valence electrons. The quantitative estimate of drug-likeness (QED) is 0.840. The highest BCUT2D eigenvalue weighted by Gasteiger charge is 2.27. The molecule has 4 nitrogen and oxygen atoms in total. The molecule has 2 aromatic carbocycles. The Labute approximate surface area is 129 Å². The van der Waals surface area contributed by atoms with Crippen molar-refractivity contribution in [2.45, 2.75) is 0 Å². The Hall–Kier alpha value is -2.27. The number of allylic oxidation sites excluding steroid dienone is 1. The molecule has 0 amide bonds. The second-order valence-corrected chi connectivity index (χ2v) is 5.42. The Kier molecular flexibility index (Phi) is 3.43. The number of ether oxygens (including phenoxy) is 2. The van der Waals surface area contributed by atoms with Gasteiger partial charge in [-0.15, -0.1) is 0 Å². The van der Waals surface area contributed by atoms with Crippen molar-refractivity contribution in [3.8, 4) is 17.2 Å². The molecule has 0 saturated carbocycles. The third kappa shape index (κ3) is 2.52. The molecule has 0 aliphatic carbocycles. The topological polar surface area (TPSA) is 55.8 Å². The summed E-state index contributed by atoms with van der Waals surface area (Å²) < 4.78 is 11.7. The van der Waals surface area contributed by atoms with Gasteiger partial charge in [0.25, 0.3) is 0 Å². The zero-order chi connectivity index (χ0) is 15.0. The molecule has 3 rings (SSSR count). The van der Waals surface area contributed by atoms with Crippen molar-refractivity contribution in [3.63, 3.8) is 0 Å². The SMILES string of the molecule is COc1ccc(Br)cc1C=C1Oc2cc(O)ccc2C1=O. The minimum absolute atomic E-state index is 0.0582. The number of hydrogen-bond donors (Lipinski definition) is 1. The molecule has 0 radical (unpaired) electrons. The van der Waals surface area contributed by atoms with Crippen molar-refractivity contribution in [1.82, 2.24) is 0 Å². The fraction of sp³-hybridized carbons (Fsp3) is 0.0625. The van der Waals surface area contributed by atoms with Gasteiger partial charge in [0.15, 0.2) is 5.76 Å². The Morgan fingerprint density at radius 2 is 2.05 bits per heavy atom. The molecule has 0 fully saturated rings. The first-order chi connectivity index (χ1) is 10.1. The summed E-state index contributed by atoms with van der Waals surface area (Å²) in [4.78, 5) is 12.3. The number of methoxy groups -OCH3 is 1. The van der Waals surface area contributed by atoms with Crippen LogP contribution in [-0.2, 0) is 0 Å². The minimum atomic E-state index is -0.216. The molecule has 1 heterocycles. The predicted molar refractivity (Wildman–Crippen MR) is 81.7 cm³/mol. The van der Waals surface area contributed by atoms with E-state index >= 15 is 0 Å². The van der Waals surface area contributed by atoms with Crippen LogP contribution in [0.1, 0.15) is 15.9 Å². The highest BCUT2D eigenvalue weighted by Crippen LogP contribution is 2.35. The van der Waals surface area contributed by atoms with Crippen LogP contribution in [0.25, 0.3) is 6.08 Å². The molecular formula is C16H11BrO4. The number of rotatable bonds is 2. The van der Waals surface area contributed by atoms with Crippen LogP contribution in [0.4, 0.5) is 0 Å². The molecule has 1 N–H and O–H groups in total. The van der Waals surface area contributed by atoms with Crippen molar-refractivity contribution >= 4 is 27.8 Å². The smallest absolute Gasteiger partial charge is 0.231 e. The number of halogens is 1. The lowest BCUT2D eigenvalue weighted by Crippen LogP contribution is -1.98. The minimum Gasteiger partial charge on any atom is -0.508 e. The lowest BCUT2D eigenvalue weighted by atomic mass is 10.1. The molecule has 0 atom stereocenters. The van der Waals surface area contributed by atoms with Crippen LogP contribution < -0.4 is 9.47 Å². The predicted octanol–water partition coefficient (Wildman–Crippen LogP) is 3.78. The molecule has 2 aromatic rings. The number of phenols is 1. The van der Waals surface area contributed by atoms with Gasteiger partial charge in [0.05, 0.1) is 12.7 Å². The summed E-state index contributed by atoms with van der Waals surface area (Å²) in [5.74, 6) is 1.04. The van der Waals surface area contributed by atoms with Gasteiger partial charge >= 0.3 is 0 Å². The Morgan fingerprint density at radius 1 is 1.24 bits per heavy atom. The maximum atomic E-state index is 12.3. The third-order valence-corrected chi connectivity index (χ3v) is 3.63. The summed E-state index contributed by atoms with van der Waals surface area (Å²) in [7, 11) is 1.56. The molecule has 0 unspecified atom stereocenters. The van der Waals surface area contributed by atoms with E-state index in [1.807, 2.05) is 12.1 Å². The molecule has 21 heavy (non-hydrogen) atoms. The van der Waals surface area contributed by atoms with E-state index in [9.17, 15) is 9.90 Å². The Morgan fingerprint density at radius 3 is 2.81 bits per heavy atom.